The SMILES string of the molecule is Cc1cc(Br)cc([C@@H](N)CO)c1O. The number of phenols is 1. The lowest BCUT2D eigenvalue weighted by Gasteiger charge is -2.12. The topological polar surface area (TPSA) is 66.5 Å². The molecule has 1 atom stereocenters. The minimum absolute atomic E-state index is 0.157. The molecule has 0 unspecified atom stereocenters. The van der Waals surface area contributed by atoms with Crippen molar-refractivity contribution in [1.82, 2.24) is 0 Å². The summed E-state index contributed by atoms with van der Waals surface area (Å²) in [6.07, 6.45) is 0. The molecule has 0 aliphatic heterocycles. The zero-order chi connectivity index (χ0) is 10.0. The Bertz CT molecular complexity index is 315. The number of nitrogens with two attached hydrogens (primary N) is 1. The monoisotopic (exact) mass is 245 g/mol. The highest BCUT2D eigenvalue weighted by Crippen LogP contribution is 2.29. The normalized spacial score (nSPS) is 12.9. The van der Waals surface area contributed by atoms with Crippen molar-refractivity contribution in [3.8, 4) is 5.75 Å². The molecule has 1 rings (SSSR count). The predicted molar refractivity (Wildman–Crippen MR) is 54.6 cm³/mol. The Labute approximate surface area is 85.3 Å². The Morgan fingerprint density at radius 2 is 2.15 bits per heavy atom. The van der Waals surface area contributed by atoms with Gasteiger partial charge >= 0.3 is 0 Å². The third-order valence-electron chi connectivity index (χ3n) is 1.89. The van der Waals surface area contributed by atoms with Crippen LogP contribution < -0.4 is 5.73 Å². The summed E-state index contributed by atoms with van der Waals surface area (Å²) >= 11 is 3.30. The Morgan fingerprint density at radius 1 is 1.54 bits per heavy atom. The van der Waals surface area contributed by atoms with E-state index >= 15 is 0 Å². The Kier molecular flexibility index (Phi) is 3.30. The molecule has 0 amide bonds. The van der Waals surface area contributed by atoms with Gasteiger partial charge in [0.05, 0.1) is 12.6 Å². The lowest BCUT2D eigenvalue weighted by molar-refractivity contribution is 0.265. The second kappa shape index (κ2) is 4.09. The highest BCUT2D eigenvalue weighted by molar-refractivity contribution is 9.10. The molecule has 0 bridgehead atoms. The fourth-order valence-corrected chi connectivity index (χ4v) is 1.73. The molecule has 0 aliphatic carbocycles. The number of rotatable bonds is 2. The van der Waals surface area contributed by atoms with Gasteiger partial charge in [-0.25, -0.2) is 0 Å². The Balaban J connectivity index is 3.20. The maximum Gasteiger partial charge on any atom is 0.123 e. The summed E-state index contributed by atoms with van der Waals surface area (Å²) < 4.78 is 0.849. The molecule has 0 spiro atoms. The van der Waals surface area contributed by atoms with Crippen LogP contribution in [-0.2, 0) is 0 Å². The van der Waals surface area contributed by atoms with E-state index in [-0.39, 0.29) is 12.4 Å². The number of aliphatic hydroxyl groups excluding tert-OH is 1. The van der Waals surface area contributed by atoms with Gasteiger partial charge < -0.3 is 15.9 Å². The predicted octanol–water partition coefficient (Wildman–Crippen LogP) is 1.46. The lowest BCUT2D eigenvalue weighted by Crippen LogP contribution is -2.14. The van der Waals surface area contributed by atoms with Crippen molar-refractivity contribution >= 4 is 15.9 Å². The van der Waals surface area contributed by atoms with Crippen LogP contribution >= 0.6 is 15.9 Å². The quantitative estimate of drug-likeness (QED) is 0.739. The van der Waals surface area contributed by atoms with Crippen LogP contribution in [0.1, 0.15) is 17.2 Å². The maximum absolute atomic E-state index is 9.61. The van der Waals surface area contributed by atoms with E-state index in [0.717, 1.165) is 10.0 Å². The Hall–Kier alpha value is -0.580. The first-order valence-electron chi connectivity index (χ1n) is 3.91. The number of halogens is 1. The number of aliphatic hydroxyl groups is 1. The maximum atomic E-state index is 9.61. The molecular formula is C9H12BrNO2. The van der Waals surface area contributed by atoms with Gasteiger partial charge in [0.1, 0.15) is 5.75 Å². The number of hydrogen-bond acceptors (Lipinski definition) is 3. The van der Waals surface area contributed by atoms with Gasteiger partial charge in [-0.05, 0) is 24.6 Å². The van der Waals surface area contributed by atoms with Crippen LogP contribution in [0.15, 0.2) is 16.6 Å². The molecule has 0 saturated heterocycles. The number of aryl methyl sites for hydroxylation is 1. The molecule has 0 saturated carbocycles. The second-order valence-electron chi connectivity index (χ2n) is 2.95. The fraction of sp³-hybridized carbons (Fsp3) is 0.333. The van der Waals surface area contributed by atoms with Gasteiger partial charge in [0.2, 0.25) is 0 Å². The van der Waals surface area contributed by atoms with E-state index in [2.05, 4.69) is 15.9 Å². The summed E-state index contributed by atoms with van der Waals surface area (Å²) in [6.45, 7) is 1.61. The average molecular weight is 246 g/mol. The van der Waals surface area contributed by atoms with Crippen LogP contribution in [0.3, 0.4) is 0 Å². The summed E-state index contributed by atoms with van der Waals surface area (Å²) in [6, 6.07) is 2.97. The second-order valence-corrected chi connectivity index (χ2v) is 3.87. The summed E-state index contributed by atoms with van der Waals surface area (Å²) in [7, 11) is 0. The number of aromatic hydroxyl groups is 1. The molecule has 0 aromatic heterocycles. The molecule has 4 heteroatoms. The Morgan fingerprint density at radius 3 is 2.69 bits per heavy atom. The smallest absolute Gasteiger partial charge is 0.123 e. The van der Waals surface area contributed by atoms with Gasteiger partial charge in [-0.3, -0.25) is 0 Å². The molecule has 0 heterocycles. The molecule has 1 aromatic rings. The molecule has 72 valence electrons. The minimum Gasteiger partial charge on any atom is -0.507 e. The van der Waals surface area contributed by atoms with E-state index in [9.17, 15) is 5.11 Å². The van der Waals surface area contributed by atoms with Gasteiger partial charge in [-0.15, -0.1) is 0 Å². The van der Waals surface area contributed by atoms with Crippen molar-refractivity contribution in [1.29, 1.82) is 0 Å². The molecule has 0 fully saturated rings. The molecule has 0 aliphatic rings. The van der Waals surface area contributed by atoms with Crippen molar-refractivity contribution in [2.75, 3.05) is 6.61 Å². The van der Waals surface area contributed by atoms with Crippen molar-refractivity contribution in [3.05, 3.63) is 27.7 Å². The summed E-state index contributed by atoms with van der Waals surface area (Å²) in [5.74, 6) is 0.157. The van der Waals surface area contributed by atoms with Gasteiger partial charge in [0, 0.05) is 10.0 Å². The molecule has 1 aromatic carbocycles. The van der Waals surface area contributed by atoms with Crippen LogP contribution in [0.25, 0.3) is 0 Å². The molecule has 0 radical (unpaired) electrons. The third kappa shape index (κ3) is 2.21. The summed E-state index contributed by atoms with van der Waals surface area (Å²) in [5.41, 5.74) is 6.91. The van der Waals surface area contributed by atoms with Gasteiger partial charge in [-0.1, -0.05) is 15.9 Å². The average Bonchev–Trinajstić information content (AvgIpc) is 2.10. The highest BCUT2D eigenvalue weighted by atomic mass is 79.9. The van der Waals surface area contributed by atoms with E-state index in [1.165, 1.54) is 0 Å². The fourth-order valence-electron chi connectivity index (χ4n) is 1.14. The van der Waals surface area contributed by atoms with Crippen LogP contribution in [0.4, 0.5) is 0 Å². The van der Waals surface area contributed by atoms with Crippen molar-refractivity contribution in [2.45, 2.75) is 13.0 Å². The summed E-state index contributed by atoms with van der Waals surface area (Å²) in [4.78, 5) is 0. The standard InChI is InChI=1S/C9H12BrNO2/c1-5-2-6(10)3-7(9(5)13)8(11)4-12/h2-3,8,12-13H,4,11H2,1H3/t8-/m0/s1. The van der Waals surface area contributed by atoms with Crippen LogP contribution in [0.2, 0.25) is 0 Å². The minimum atomic E-state index is -0.531. The first kappa shape index (κ1) is 10.5. The first-order chi connectivity index (χ1) is 6.06. The van der Waals surface area contributed by atoms with Crippen molar-refractivity contribution in [3.63, 3.8) is 0 Å². The number of hydrogen-bond donors (Lipinski definition) is 3. The van der Waals surface area contributed by atoms with Gasteiger partial charge in [-0.2, -0.15) is 0 Å². The van der Waals surface area contributed by atoms with E-state index in [1.807, 2.05) is 0 Å². The van der Waals surface area contributed by atoms with E-state index < -0.39 is 6.04 Å². The highest BCUT2D eigenvalue weighted by Gasteiger charge is 2.12. The van der Waals surface area contributed by atoms with Crippen LogP contribution in [-0.4, -0.2) is 16.8 Å². The summed E-state index contributed by atoms with van der Waals surface area (Å²) in [5, 5.41) is 18.5. The van der Waals surface area contributed by atoms with Crippen LogP contribution in [0, 0.1) is 6.92 Å². The van der Waals surface area contributed by atoms with Crippen molar-refractivity contribution in [2.24, 2.45) is 5.73 Å². The van der Waals surface area contributed by atoms with Gasteiger partial charge in [0.15, 0.2) is 0 Å². The largest absolute Gasteiger partial charge is 0.507 e. The van der Waals surface area contributed by atoms with E-state index in [1.54, 1.807) is 19.1 Å². The molecule has 13 heavy (non-hydrogen) atoms. The van der Waals surface area contributed by atoms with Crippen molar-refractivity contribution < 1.29 is 10.2 Å². The molecular weight excluding hydrogens is 234 g/mol. The zero-order valence-electron chi connectivity index (χ0n) is 7.29. The molecule has 3 nitrogen and oxygen atoms in total. The van der Waals surface area contributed by atoms with E-state index in [4.69, 9.17) is 10.8 Å². The number of phenolic OH excluding ortho intramolecular Hbond substituents is 1. The van der Waals surface area contributed by atoms with Crippen LogP contribution in [0.5, 0.6) is 5.75 Å². The van der Waals surface area contributed by atoms with Gasteiger partial charge in [0.25, 0.3) is 0 Å². The third-order valence-corrected chi connectivity index (χ3v) is 2.35. The first-order valence-corrected chi connectivity index (χ1v) is 4.71. The van der Waals surface area contributed by atoms with E-state index in [0.29, 0.717) is 5.56 Å². The number of benzene rings is 1. The lowest BCUT2D eigenvalue weighted by atomic mass is 10.0. The zero-order valence-corrected chi connectivity index (χ0v) is 8.87. The molecule has 4 N–H and O–H groups in total.